The zero-order valence-electron chi connectivity index (χ0n) is 21.8. The van der Waals surface area contributed by atoms with E-state index in [1.54, 1.807) is 12.3 Å². The third-order valence-electron chi connectivity index (χ3n) is 6.12. The van der Waals surface area contributed by atoms with Crippen LogP contribution in [0.3, 0.4) is 0 Å². The van der Waals surface area contributed by atoms with Gasteiger partial charge in [-0.2, -0.15) is 0 Å². The molecule has 16 nitrogen and oxygen atoms in total. The summed E-state index contributed by atoms with van der Waals surface area (Å²) in [4.78, 5) is 83.4. The Hall–Kier alpha value is -5.25. The number of benzene rings is 1. The molecule has 0 spiro atoms. The molecule has 0 aliphatic heterocycles. The van der Waals surface area contributed by atoms with Crippen LogP contribution in [-0.2, 0) is 41.6 Å². The van der Waals surface area contributed by atoms with Crippen LogP contribution in [0.1, 0.15) is 24.1 Å². The van der Waals surface area contributed by atoms with Crippen molar-refractivity contribution in [2.45, 2.75) is 49.9 Å². The molecule has 16 heteroatoms. The van der Waals surface area contributed by atoms with Gasteiger partial charge in [0.2, 0.25) is 29.5 Å². The van der Waals surface area contributed by atoms with Crippen LogP contribution >= 0.6 is 0 Å². The van der Waals surface area contributed by atoms with Crippen molar-refractivity contribution < 1.29 is 33.9 Å². The molecule has 5 amide bonds. The maximum absolute atomic E-state index is 13.5. The number of carboxylic acid groups (broad SMARTS) is 1. The summed E-state index contributed by atoms with van der Waals surface area (Å²) in [7, 11) is 0. The van der Waals surface area contributed by atoms with Crippen LogP contribution in [0, 0.1) is 0 Å². The number of H-pyrrole nitrogens is 2. The number of carbonyl (C=O) groups excluding carboxylic acids is 5. The smallest absolute Gasteiger partial charge is 0.326 e. The first-order chi connectivity index (χ1) is 19.4. The van der Waals surface area contributed by atoms with Crippen LogP contribution in [0.2, 0.25) is 0 Å². The number of aromatic nitrogens is 3. The molecule has 0 radical (unpaired) electrons. The van der Waals surface area contributed by atoms with Crippen LogP contribution in [0.4, 0.5) is 0 Å². The molecule has 2 heterocycles. The number of nitrogens with one attached hydrogen (secondary N) is 5. The highest BCUT2D eigenvalue weighted by Crippen LogP contribution is 2.19. The first-order valence-electron chi connectivity index (χ1n) is 12.4. The van der Waals surface area contributed by atoms with Crippen LogP contribution < -0.4 is 33.2 Å². The Labute approximate surface area is 232 Å². The maximum atomic E-state index is 13.5. The second kappa shape index (κ2) is 13.7. The van der Waals surface area contributed by atoms with E-state index < -0.39 is 72.5 Å². The summed E-state index contributed by atoms with van der Waals surface area (Å²) in [6.07, 6.45) is 3.21. The number of primary amides is 2. The fourth-order valence-electron chi connectivity index (χ4n) is 4.09. The molecule has 3 rings (SSSR count). The molecular weight excluding hydrogens is 538 g/mol. The van der Waals surface area contributed by atoms with Gasteiger partial charge in [-0.05, 0) is 11.6 Å². The number of amides is 5. The largest absolute Gasteiger partial charge is 0.480 e. The molecule has 41 heavy (non-hydrogen) atoms. The van der Waals surface area contributed by atoms with Crippen molar-refractivity contribution in [2.75, 3.05) is 0 Å². The number of fused-ring (bicyclic) bond motifs is 1. The minimum atomic E-state index is -1.71. The summed E-state index contributed by atoms with van der Waals surface area (Å²) >= 11 is 0. The quantitative estimate of drug-likeness (QED) is 0.0918. The number of rotatable bonds is 15. The van der Waals surface area contributed by atoms with Crippen LogP contribution in [0.15, 0.2) is 43.0 Å². The van der Waals surface area contributed by atoms with E-state index in [9.17, 15) is 33.9 Å². The number of nitrogens with zero attached hydrogens (tertiary/aromatic N) is 1. The summed E-state index contributed by atoms with van der Waals surface area (Å²) in [5.74, 6) is -6.19. The third-order valence-corrected chi connectivity index (χ3v) is 6.12. The molecular formula is C25H31N9O7. The Balaban J connectivity index is 1.83. The van der Waals surface area contributed by atoms with Gasteiger partial charge in [-0.3, -0.25) is 24.0 Å². The summed E-state index contributed by atoms with van der Waals surface area (Å²) in [6, 6.07) is 1.57. The molecule has 0 fully saturated rings. The number of imidazole rings is 1. The van der Waals surface area contributed by atoms with Gasteiger partial charge >= 0.3 is 5.97 Å². The van der Waals surface area contributed by atoms with E-state index >= 15 is 0 Å². The van der Waals surface area contributed by atoms with Crippen molar-refractivity contribution in [1.82, 2.24) is 30.9 Å². The van der Waals surface area contributed by atoms with Gasteiger partial charge in [0.25, 0.3) is 0 Å². The number of hydrogen-bond donors (Lipinski definition) is 9. The highest BCUT2D eigenvalue weighted by atomic mass is 16.4. The molecule has 0 aliphatic carbocycles. The van der Waals surface area contributed by atoms with Gasteiger partial charge in [0.05, 0.1) is 25.2 Å². The molecule has 2 aromatic heterocycles. The zero-order valence-corrected chi connectivity index (χ0v) is 21.8. The van der Waals surface area contributed by atoms with E-state index in [2.05, 4.69) is 30.9 Å². The first kappa shape index (κ1) is 30.3. The fraction of sp³-hybridized carbons (Fsp3) is 0.320. The lowest BCUT2D eigenvalue weighted by Crippen LogP contribution is -2.58. The monoisotopic (exact) mass is 569 g/mol. The summed E-state index contributed by atoms with van der Waals surface area (Å²) in [5, 5.41) is 17.1. The highest BCUT2D eigenvalue weighted by molar-refractivity contribution is 5.97. The molecule has 4 atom stereocenters. The number of carbonyl (C=O) groups is 6. The SMILES string of the molecule is NC(=O)CC(NC(=O)C(CC(N)=O)NC(=O)C(Cc1c[nH]c2ccccc12)NC(=O)C(N)Cc1cnc[nH]1)C(=O)O. The predicted octanol–water partition coefficient (Wildman–Crippen LogP) is -2.71. The molecule has 12 N–H and O–H groups in total. The predicted molar refractivity (Wildman–Crippen MR) is 143 cm³/mol. The minimum absolute atomic E-state index is 0.0390. The van der Waals surface area contributed by atoms with Gasteiger partial charge < -0.3 is 48.2 Å². The number of para-hydroxylation sites is 1. The Morgan fingerprint density at radius 3 is 2.07 bits per heavy atom. The lowest BCUT2D eigenvalue weighted by atomic mass is 10.0. The standard InChI is InChI=1S/C25H31N9O7/c26-15(6-13-10-29-11-31-13)22(37)32-17(5-12-9-30-16-4-2-1-3-14(12)16)23(38)33-18(7-20(27)35)24(39)34-19(25(40)41)8-21(28)36/h1-4,9-11,15,17-19,30H,5-8,26H2,(H2,27,35)(H2,28,36)(H,29,31)(H,32,37)(H,33,38)(H,34,39)(H,40,41). The van der Waals surface area contributed by atoms with Gasteiger partial charge in [0.1, 0.15) is 18.1 Å². The molecule has 0 saturated heterocycles. The van der Waals surface area contributed by atoms with Crippen LogP contribution in [0.25, 0.3) is 10.9 Å². The molecule has 4 unspecified atom stereocenters. The fourth-order valence-corrected chi connectivity index (χ4v) is 4.09. The van der Waals surface area contributed by atoms with Gasteiger partial charge in [-0.15, -0.1) is 0 Å². The molecule has 0 saturated carbocycles. The second-order valence-corrected chi connectivity index (χ2v) is 9.31. The molecule has 1 aromatic carbocycles. The minimum Gasteiger partial charge on any atom is -0.480 e. The normalized spacial score (nSPS) is 13.9. The highest BCUT2D eigenvalue weighted by Gasteiger charge is 2.32. The summed E-state index contributed by atoms with van der Waals surface area (Å²) in [5.41, 5.74) is 18.4. The number of hydrogen-bond acceptors (Lipinski definition) is 8. The lowest BCUT2D eigenvalue weighted by molar-refractivity contribution is -0.144. The van der Waals surface area contributed by atoms with E-state index in [-0.39, 0.29) is 12.8 Å². The number of nitrogens with two attached hydrogens (primary N) is 3. The Morgan fingerprint density at radius 1 is 0.829 bits per heavy atom. The Kier molecular flexibility index (Phi) is 10.1. The van der Waals surface area contributed by atoms with Crippen LogP contribution in [0.5, 0.6) is 0 Å². The van der Waals surface area contributed by atoms with E-state index in [1.807, 2.05) is 18.2 Å². The average Bonchev–Trinajstić information content (AvgIpc) is 3.56. The van der Waals surface area contributed by atoms with Gasteiger partial charge in [0.15, 0.2) is 0 Å². The summed E-state index contributed by atoms with van der Waals surface area (Å²) in [6.45, 7) is 0. The van der Waals surface area contributed by atoms with Gasteiger partial charge in [-0.25, -0.2) is 9.78 Å². The molecule has 0 bridgehead atoms. The van der Waals surface area contributed by atoms with Crippen molar-refractivity contribution in [1.29, 1.82) is 0 Å². The van der Waals surface area contributed by atoms with E-state index in [0.717, 1.165) is 10.9 Å². The first-order valence-corrected chi connectivity index (χ1v) is 12.4. The molecule has 3 aromatic rings. The zero-order chi connectivity index (χ0) is 30.1. The van der Waals surface area contributed by atoms with E-state index in [0.29, 0.717) is 11.3 Å². The second-order valence-electron chi connectivity index (χ2n) is 9.31. The van der Waals surface area contributed by atoms with Gasteiger partial charge in [0, 0.05) is 41.8 Å². The van der Waals surface area contributed by atoms with Gasteiger partial charge in [-0.1, -0.05) is 18.2 Å². The number of aliphatic carboxylic acids is 1. The number of aromatic amines is 2. The average molecular weight is 570 g/mol. The lowest BCUT2D eigenvalue weighted by Gasteiger charge is -2.24. The van der Waals surface area contributed by atoms with Crippen molar-refractivity contribution in [3.8, 4) is 0 Å². The molecule has 0 aliphatic rings. The topological polar surface area (TPSA) is 281 Å². The summed E-state index contributed by atoms with van der Waals surface area (Å²) < 4.78 is 0. The van der Waals surface area contributed by atoms with E-state index in [1.165, 1.54) is 12.5 Å². The van der Waals surface area contributed by atoms with Crippen molar-refractivity contribution in [3.05, 3.63) is 54.2 Å². The number of carboxylic acids is 1. The van der Waals surface area contributed by atoms with Crippen molar-refractivity contribution in [3.63, 3.8) is 0 Å². The maximum Gasteiger partial charge on any atom is 0.326 e. The van der Waals surface area contributed by atoms with E-state index in [4.69, 9.17) is 17.2 Å². The van der Waals surface area contributed by atoms with Crippen molar-refractivity contribution in [2.24, 2.45) is 17.2 Å². The Bertz CT molecular complexity index is 1420. The third kappa shape index (κ3) is 8.62. The van der Waals surface area contributed by atoms with Crippen molar-refractivity contribution >= 4 is 46.4 Å². The molecule has 218 valence electrons. The Morgan fingerprint density at radius 2 is 1.44 bits per heavy atom. The van der Waals surface area contributed by atoms with Crippen LogP contribution in [-0.4, -0.2) is 79.7 Å².